The van der Waals surface area contributed by atoms with E-state index in [1.165, 1.54) is 12.4 Å². The summed E-state index contributed by atoms with van der Waals surface area (Å²) in [5.41, 5.74) is 0.420. The maximum absolute atomic E-state index is 11.6. The second-order valence-electron chi connectivity index (χ2n) is 4.06. The maximum Gasteiger partial charge on any atom is 0.323 e. The van der Waals surface area contributed by atoms with Crippen LogP contribution in [0.5, 0.6) is 0 Å². The highest BCUT2D eigenvalue weighted by Crippen LogP contribution is 2.23. The van der Waals surface area contributed by atoms with Crippen molar-refractivity contribution in [3.8, 4) is 0 Å². The van der Waals surface area contributed by atoms with E-state index in [0.29, 0.717) is 13.2 Å². The molecule has 1 aliphatic rings. The fourth-order valence-electron chi connectivity index (χ4n) is 1.92. The van der Waals surface area contributed by atoms with Crippen LogP contribution in [0.15, 0.2) is 17.2 Å². The first-order valence-electron chi connectivity index (χ1n) is 5.53. The van der Waals surface area contributed by atoms with Gasteiger partial charge in [0, 0.05) is 25.2 Å². The van der Waals surface area contributed by atoms with Crippen LogP contribution in [0.2, 0.25) is 0 Å². The summed E-state index contributed by atoms with van der Waals surface area (Å²) >= 11 is 0. The number of nitrogens with zero attached hydrogens (tertiary/aromatic N) is 2. The van der Waals surface area contributed by atoms with Crippen molar-refractivity contribution in [2.45, 2.75) is 25.3 Å². The minimum atomic E-state index is -1.05. The lowest BCUT2D eigenvalue weighted by molar-refractivity contribution is -0.137. The molecule has 0 bridgehead atoms. The summed E-state index contributed by atoms with van der Waals surface area (Å²) in [5.74, 6) is -0.802. The van der Waals surface area contributed by atoms with Crippen molar-refractivity contribution in [1.29, 1.82) is 0 Å². The minimum Gasteiger partial charge on any atom is -0.480 e. The predicted octanol–water partition coefficient (Wildman–Crippen LogP) is 0.222. The van der Waals surface area contributed by atoms with Crippen LogP contribution in [0.1, 0.15) is 24.5 Å². The summed E-state index contributed by atoms with van der Waals surface area (Å²) in [4.78, 5) is 26.3. The molecule has 17 heavy (non-hydrogen) atoms. The Labute approximate surface area is 97.9 Å². The molecule has 0 radical (unpaired) electrons. The third-order valence-corrected chi connectivity index (χ3v) is 2.85. The summed E-state index contributed by atoms with van der Waals surface area (Å²) in [7, 11) is 0. The molecule has 0 aliphatic carbocycles. The topological polar surface area (TPSA) is 81.4 Å². The first-order valence-corrected chi connectivity index (χ1v) is 5.53. The van der Waals surface area contributed by atoms with Crippen LogP contribution in [0.25, 0.3) is 0 Å². The van der Waals surface area contributed by atoms with Crippen LogP contribution in [-0.4, -0.2) is 33.8 Å². The first-order chi connectivity index (χ1) is 8.16. The molecule has 1 saturated heterocycles. The summed E-state index contributed by atoms with van der Waals surface area (Å²) in [5, 5.41) is 8.61. The third kappa shape index (κ3) is 2.91. The van der Waals surface area contributed by atoms with Gasteiger partial charge in [-0.3, -0.25) is 14.2 Å². The summed E-state index contributed by atoms with van der Waals surface area (Å²) in [6.45, 7) is 1.02. The average Bonchev–Trinajstić information content (AvgIpc) is 2.32. The number of hydrogen-bond donors (Lipinski definition) is 1. The van der Waals surface area contributed by atoms with Gasteiger partial charge in [0.1, 0.15) is 6.54 Å². The number of carboxylic acid groups (broad SMARTS) is 1. The SMILES string of the molecule is O=C(O)Cn1cnc(C2CCOCC2)cc1=O. The van der Waals surface area contributed by atoms with Gasteiger partial charge in [-0.25, -0.2) is 4.98 Å². The molecule has 1 aliphatic heterocycles. The van der Waals surface area contributed by atoms with E-state index in [-0.39, 0.29) is 18.0 Å². The van der Waals surface area contributed by atoms with Gasteiger partial charge >= 0.3 is 5.97 Å². The molecule has 1 aromatic heterocycles. The van der Waals surface area contributed by atoms with E-state index >= 15 is 0 Å². The van der Waals surface area contributed by atoms with Crippen LogP contribution < -0.4 is 5.56 Å². The van der Waals surface area contributed by atoms with Crippen LogP contribution >= 0.6 is 0 Å². The van der Waals surface area contributed by atoms with Gasteiger partial charge in [0.05, 0.1) is 12.0 Å². The lowest BCUT2D eigenvalue weighted by Crippen LogP contribution is -2.26. The Morgan fingerprint density at radius 2 is 2.24 bits per heavy atom. The van der Waals surface area contributed by atoms with Gasteiger partial charge in [0.2, 0.25) is 0 Å². The molecule has 0 amide bonds. The van der Waals surface area contributed by atoms with Gasteiger partial charge in [0.15, 0.2) is 0 Å². The van der Waals surface area contributed by atoms with Crippen LogP contribution in [-0.2, 0) is 16.1 Å². The zero-order valence-electron chi connectivity index (χ0n) is 9.33. The standard InChI is InChI=1S/C11H14N2O4/c14-10-5-9(8-1-3-17-4-2-8)12-7-13(10)6-11(15)16/h5,7-8H,1-4,6H2,(H,15,16). The highest BCUT2D eigenvalue weighted by atomic mass is 16.5. The van der Waals surface area contributed by atoms with Crippen molar-refractivity contribution < 1.29 is 14.6 Å². The van der Waals surface area contributed by atoms with Gasteiger partial charge in [-0.1, -0.05) is 0 Å². The van der Waals surface area contributed by atoms with Gasteiger partial charge in [-0.2, -0.15) is 0 Å². The number of carbonyl (C=O) groups is 1. The first kappa shape index (κ1) is 11.8. The molecule has 6 nitrogen and oxygen atoms in total. The molecule has 92 valence electrons. The molecular weight excluding hydrogens is 224 g/mol. The largest absolute Gasteiger partial charge is 0.480 e. The molecule has 0 unspecified atom stereocenters. The Bertz CT molecular complexity index is 463. The molecule has 2 rings (SSSR count). The lowest BCUT2D eigenvalue weighted by Gasteiger charge is -2.21. The van der Waals surface area contributed by atoms with E-state index in [9.17, 15) is 9.59 Å². The van der Waals surface area contributed by atoms with Gasteiger partial charge in [-0.15, -0.1) is 0 Å². The summed E-state index contributed by atoms with van der Waals surface area (Å²) in [6, 6.07) is 1.43. The normalized spacial score (nSPS) is 16.9. The maximum atomic E-state index is 11.6. The van der Waals surface area contributed by atoms with E-state index in [2.05, 4.69) is 4.98 Å². The minimum absolute atomic E-state index is 0.246. The second-order valence-corrected chi connectivity index (χ2v) is 4.06. The molecule has 0 spiro atoms. The molecule has 2 heterocycles. The number of aliphatic carboxylic acids is 1. The van der Waals surface area contributed by atoms with E-state index in [4.69, 9.17) is 9.84 Å². The Balaban J connectivity index is 2.18. The Morgan fingerprint density at radius 3 is 2.82 bits per heavy atom. The molecule has 6 heteroatoms. The van der Waals surface area contributed by atoms with Crippen molar-refractivity contribution in [2.75, 3.05) is 13.2 Å². The van der Waals surface area contributed by atoms with E-state index in [1.807, 2.05) is 0 Å². The predicted molar refractivity (Wildman–Crippen MR) is 58.9 cm³/mol. The highest BCUT2D eigenvalue weighted by Gasteiger charge is 2.18. The number of ether oxygens (including phenoxy) is 1. The molecule has 0 saturated carbocycles. The molecule has 1 fully saturated rings. The van der Waals surface area contributed by atoms with Gasteiger partial charge in [0.25, 0.3) is 5.56 Å². The summed E-state index contributed by atoms with van der Waals surface area (Å²) in [6.07, 6.45) is 3.02. The number of rotatable bonds is 3. The van der Waals surface area contributed by atoms with Crippen molar-refractivity contribution in [3.63, 3.8) is 0 Å². The fraction of sp³-hybridized carbons (Fsp3) is 0.545. The molecular formula is C11H14N2O4. The van der Waals surface area contributed by atoms with E-state index < -0.39 is 5.97 Å². The van der Waals surface area contributed by atoms with Gasteiger partial charge < -0.3 is 9.84 Å². The molecule has 1 N–H and O–H groups in total. The number of carboxylic acids is 1. The average molecular weight is 238 g/mol. The molecule has 0 atom stereocenters. The summed E-state index contributed by atoms with van der Waals surface area (Å²) < 4.78 is 6.33. The zero-order chi connectivity index (χ0) is 12.3. The highest BCUT2D eigenvalue weighted by molar-refractivity contribution is 5.66. The number of hydrogen-bond acceptors (Lipinski definition) is 4. The third-order valence-electron chi connectivity index (χ3n) is 2.85. The van der Waals surface area contributed by atoms with Crippen molar-refractivity contribution >= 4 is 5.97 Å². The van der Waals surface area contributed by atoms with Crippen molar-refractivity contribution in [1.82, 2.24) is 9.55 Å². The van der Waals surface area contributed by atoms with Gasteiger partial charge in [-0.05, 0) is 12.8 Å². The molecule has 0 aromatic carbocycles. The smallest absolute Gasteiger partial charge is 0.323 e. The van der Waals surface area contributed by atoms with Crippen LogP contribution in [0.4, 0.5) is 0 Å². The zero-order valence-corrected chi connectivity index (χ0v) is 9.33. The molecule has 1 aromatic rings. The number of aromatic nitrogens is 2. The van der Waals surface area contributed by atoms with Crippen LogP contribution in [0, 0.1) is 0 Å². The van der Waals surface area contributed by atoms with Crippen LogP contribution in [0.3, 0.4) is 0 Å². The van der Waals surface area contributed by atoms with E-state index in [0.717, 1.165) is 23.1 Å². The van der Waals surface area contributed by atoms with E-state index in [1.54, 1.807) is 0 Å². The Hall–Kier alpha value is -1.69. The van der Waals surface area contributed by atoms with Crippen molar-refractivity contribution in [2.24, 2.45) is 0 Å². The Morgan fingerprint density at radius 1 is 1.53 bits per heavy atom. The second kappa shape index (κ2) is 5.09. The van der Waals surface area contributed by atoms with Crippen molar-refractivity contribution in [3.05, 3.63) is 28.4 Å². The Kier molecular flexibility index (Phi) is 3.53. The lowest BCUT2D eigenvalue weighted by atomic mass is 9.96. The quantitative estimate of drug-likeness (QED) is 0.814. The fourth-order valence-corrected chi connectivity index (χ4v) is 1.92. The monoisotopic (exact) mass is 238 g/mol.